The third kappa shape index (κ3) is 1.71. The molecule has 60 valence electrons. The summed E-state index contributed by atoms with van der Waals surface area (Å²) in [6, 6.07) is 1.69. The topological polar surface area (TPSA) is 46.2 Å². The van der Waals surface area contributed by atoms with E-state index in [4.69, 9.17) is 5.73 Å². The molecule has 0 radical (unpaired) electrons. The maximum absolute atomic E-state index is 9.32. The van der Waals surface area contributed by atoms with Crippen molar-refractivity contribution in [1.82, 2.24) is 0 Å². The Bertz CT molecular complexity index is 274. The Labute approximate surface area is 89.2 Å². The van der Waals surface area contributed by atoms with Gasteiger partial charge in [0.25, 0.3) is 0 Å². The molecule has 0 atom stereocenters. The number of benzene rings is 1. The number of halogens is 3. The van der Waals surface area contributed by atoms with Crippen LogP contribution in [0.3, 0.4) is 0 Å². The summed E-state index contributed by atoms with van der Waals surface area (Å²) in [7, 11) is 0. The minimum Gasteiger partial charge on any atom is -0.505 e. The van der Waals surface area contributed by atoms with E-state index in [9.17, 15) is 5.11 Å². The quantitative estimate of drug-likeness (QED) is 0.709. The standard InChI is InChI=1S/C6H4Br3NO/c7-2-1-3(8)6(11)4(9)5(2)10/h1,11H,10H2. The van der Waals surface area contributed by atoms with Gasteiger partial charge in [0.2, 0.25) is 0 Å². The first-order valence-electron chi connectivity index (χ1n) is 2.66. The molecular formula is C6H4Br3NO. The first-order valence-corrected chi connectivity index (χ1v) is 5.04. The van der Waals surface area contributed by atoms with E-state index >= 15 is 0 Å². The van der Waals surface area contributed by atoms with Crippen molar-refractivity contribution in [2.45, 2.75) is 0 Å². The van der Waals surface area contributed by atoms with Crippen molar-refractivity contribution in [2.24, 2.45) is 0 Å². The molecule has 0 aliphatic carbocycles. The van der Waals surface area contributed by atoms with Gasteiger partial charge in [-0.3, -0.25) is 0 Å². The fraction of sp³-hybridized carbons (Fsp3) is 0. The number of hydrogen-bond acceptors (Lipinski definition) is 2. The van der Waals surface area contributed by atoms with Crippen molar-refractivity contribution in [1.29, 1.82) is 0 Å². The molecule has 2 nitrogen and oxygen atoms in total. The Balaban J connectivity index is 3.46. The number of nitrogen functional groups attached to an aromatic ring is 1. The van der Waals surface area contributed by atoms with Crippen LogP contribution >= 0.6 is 47.8 Å². The van der Waals surface area contributed by atoms with Crippen LogP contribution in [0, 0.1) is 0 Å². The number of rotatable bonds is 0. The van der Waals surface area contributed by atoms with Crippen LogP contribution in [0.5, 0.6) is 5.75 Å². The molecule has 0 amide bonds. The highest BCUT2D eigenvalue weighted by Crippen LogP contribution is 2.40. The summed E-state index contributed by atoms with van der Waals surface area (Å²) in [5.41, 5.74) is 6.07. The van der Waals surface area contributed by atoms with Gasteiger partial charge in [0.1, 0.15) is 5.75 Å². The molecule has 0 spiro atoms. The molecule has 0 saturated carbocycles. The monoisotopic (exact) mass is 343 g/mol. The lowest BCUT2D eigenvalue weighted by atomic mass is 10.3. The maximum Gasteiger partial charge on any atom is 0.146 e. The zero-order chi connectivity index (χ0) is 8.59. The van der Waals surface area contributed by atoms with Gasteiger partial charge in [0.15, 0.2) is 0 Å². The summed E-state index contributed by atoms with van der Waals surface area (Å²) < 4.78 is 1.85. The van der Waals surface area contributed by atoms with Gasteiger partial charge in [-0.2, -0.15) is 0 Å². The lowest BCUT2D eigenvalue weighted by Gasteiger charge is -2.05. The van der Waals surface area contributed by atoms with Crippen molar-refractivity contribution < 1.29 is 5.11 Å². The number of nitrogens with two attached hydrogens (primary N) is 1. The fourth-order valence-electron chi connectivity index (χ4n) is 0.595. The van der Waals surface area contributed by atoms with E-state index in [-0.39, 0.29) is 5.75 Å². The third-order valence-electron chi connectivity index (χ3n) is 1.18. The average Bonchev–Trinajstić information content (AvgIpc) is 1.97. The Morgan fingerprint density at radius 2 is 1.73 bits per heavy atom. The van der Waals surface area contributed by atoms with Gasteiger partial charge in [0.05, 0.1) is 14.6 Å². The SMILES string of the molecule is Nc1c(Br)cc(Br)c(O)c1Br. The van der Waals surface area contributed by atoms with Crippen LogP contribution in [0.4, 0.5) is 5.69 Å². The molecule has 0 aliphatic rings. The van der Waals surface area contributed by atoms with Crippen molar-refractivity contribution >= 4 is 53.5 Å². The lowest BCUT2D eigenvalue weighted by molar-refractivity contribution is 0.469. The molecule has 0 bridgehead atoms. The molecule has 1 aromatic carbocycles. The molecule has 1 aromatic rings. The summed E-state index contributed by atoms with van der Waals surface area (Å²) >= 11 is 9.55. The molecule has 5 heteroatoms. The molecule has 3 N–H and O–H groups in total. The van der Waals surface area contributed by atoms with Gasteiger partial charge in [0, 0.05) is 4.47 Å². The van der Waals surface area contributed by atoms with Crippen LogP contribution in [-0.4, -0.2) is 5.11 Å². The zero-order valence-corrected chi connectivity index (χ0v) is 9.99. The smallest absolute Gasteiger partial charge is 0.146 e. The van der Waals surface area contributed by atoms with Gasteiger partial charge in [-0.05, 0) is 53.9 Å². The van der Waals surface area contributed by atoms with E-state index in [0.29, 0.717) is 14.6 Å². The van der Waals surface area contributed by atoms with Crippen LogP contribution in [-0.2, 0) is 0 Å². The van der Waals surface area contributed by atoms with E-state index in [1.165, 1.54) is 0 Å². The Kier molecular flexibility index (Phi) is 2.83. The van der Waals surface area contributed by atoms with Crippen LogP contribution in [0.25, 0.3) is 0 Å². The van der Waals surface area contributed by atoms with Crippen molar-refractivity contribution in [3.63, 3.8) is 0 Å². The predicted octanol–water partition coefficient (Wildman–Crippen LogP) is 3.26. The van der Waals surface area contributed by atoms with Gasteiger partial charge in [-0.1, -0.05) is 0 Å². The lowest BCUT2D eigenvalue weighted by Crippen LogP contribution is -1.88. The van der Waals surface area contributed by atoms with Gasteiger partial charge in [-0.25, -0.2) is 0 Å². The van der Waals surface area contributed by atoms with E-state index in [2.05, 4.69) is 47.8 Å². The number of anilines is 1. The first kappa shape index (κ1) is 9.35. The molecule has 0 heterocycles. The summed E-state index contributed by atoms with van der Waals surface area (Å²) in [6.45, 7) is 0. The number of phenolic OH excluding ortho intramolecular Hbond substituents is 1. The van der Waals surface area contributed by atoms with Gasteiger partial charge >= 0.3 is 0 Å². The molecule has 0 fully saturated rings. The molecule has 0 saturated heterocycles. The van der Waals surface area contributed by atoms with Crippen molar-refractivity contribution in [3.05, 3.63) is 19.5 Å². The first-order chi connectivity index (χ1) is 5.04. The number of aromatic hydroxyl groups is 1. The fourth-order valence-corrected chi connectivity index (χ4v) is 2.72. The van der Waals surface area contributed by atoms with E-state index in [1.54, 1.807) is 6.07 Å². The highest BCUT2D eigenvalue weighted by molar-refractivity contribution is 9.11. The zero-order valence-electron chi connectivity index (χ0n) is 5.24. The number of phenols is 1. The van der Waals surface area contributed by atoms with Gasteiger partial charge in [-0.15, -0.1) is 0 Å². The van der Waals surface area contributed by atoms with Gasteiger partial charge < -0.3 is 10.8 Å². The van der Waals surface area contributed by atoms with Crippen molar-refractivity contribution in [3.8, 4) is 5.75 Å². The highest BCUT2D eigenvalue weighted by Gasteiger charge is 2.09. The molecule has 1 rings (SSSR count). The molecule has 11 heavy (non-hydrogen) atoms. The molecule has 0 aromatic heterocycles. The minimum absolute atomic E-state index is 0.116. The largest absolute Gasteiger partial charge is 0.505 e. The maximum atomic E-state index is 9.32. The van der Waals surface area contributed by atoms with Crippen LogP contribution in [0.2, 0.25) is 0 Å². The highest BCUT2D eigenvalue weighted by atomic mass is 79.9. The second-order valence-electron chi connectivity index (χ2n) is 1.92. The minimum atomic E-state index is 0.116. The predicted molar refractivity (Wildman–Crippen MR) is 55.6 cm³/mol. The normalized spacial score (nSPS) is 10.1. The molecular weight excluding hydrogens is 342 g/mol. The van der Waals surface area contributed by atoms with E-state index in [0.717, 1.165) is 4.47 Å². The third-order valence-corrected chi connectivity index (χ3v) is 3.24. The van der Waals surface area contributed by atoms with E-state index in [1.807, 2.05) is 0 Å². The number of hydrogen-bond donors (Lipinski definition) is 2. The summed E-state index contributed by atoms with van der Waals surface area (Å²) in [5, 5.41) is 9.32. The Morgan fingerprint density at radius 3 is 2.27 bits per heavy atom. The Morgan fingerprint density at radius 1 is 1.18 bits per heavy atom. The molecule has 0 aliphatic heterocycles. The summed E-state index contributed by atoms with van der Waals surface area (Å²) in [4.78, 5) is 0. The average molecular weight is 346 g/mol. The Hall–Kier alpha value is 0.260. The second-order valence-corrected chi connectivity index (χ2v) is 4.42. The molecule has 0 unspecified atom stereocenters. The summed E-state index contributed by atoms with van der Waals surface area (Å²) in [6.07, 6.45) is 0. The van der Waals surface area contributed by atoms with Crippen LogP contribution in [0.15, 0.2) is 19.5 Å². The van der Waals surface area contributed by atoms with E-state index < -0.39 is 0 Å². The second kappa shape index (κ2) is 3.33. The van der Waals surface area contributed by atoms with Crippen LogP contribution in [0.1, 0.15) is 0 Å². The van der Waals surface area contributed by atoms with Crippen LogP contribution < -0.4 is 5.73 Å². The summed E-state index contributed by atoms with van der Waals surface area (Å²) in [5.74, 6) is 0.116. The van der Waals surface area contributed by atoms with Crippen molar-refractivity contribution in [2.75, 3.05) is 5.73 Å².